The molecule has 0 aliphatic carbocycles. The van der Waals surface area contributed by atoms with Crippen LogP contribution in [0.3, 0.4) is 0 Å². The molecule has 0 bridgehead atoms. The number of para-hydroxylation sites is 2. The first-order valence-electron chi connectivity index (χ1n) is 41.7. The van der Waals surface area contributed by atoms with Crippen LogP contribution in [0.25, 0.3) is 253 Å². The van der Waals surface area contributed by atoms with Gasteiger partial charge in [0.05, 0.1) is 66.6 Å². The second kappa shape index (κ2) is 26.5. The lowest BCUT2D eigenvalue weighted by Crippen LogP contribution is -2.04. The lowest BCUT2D eigenvalue weighted by molar-refractivity contribution is 1.01. The molecule has 0 amide bonds. The molecule has 0 atom stereocenters. The first-order valence-corrected chi connectivity index (χ1v) is 41.7. The van der Waals surface area contributed by atoms with Gasteiger partial charge in [-0.1, -0.05) is 309 Å². The topological polar surface area (TPSA) is 71.3 Å². The third-order valence-corrected chi connectivity index (χ3v) is 25.7. The highest BCUT2D eigenvalue weighted by molar-refractivity contribution is 6.26. The molecule has 26 rings (SSSR count). The molecule has 0 aliphatic heterocycles. The van der Waals surface area contributed by atoms with Crippen molar-refractivity contribution in [2.24, 2.45) is 0 Å². The summed E-state index contributed by atoms with van der Waals surface area (Å²) >= 11 is 0. The van der Waals surface area contributed by atoms with Gasteiger partial charge in [0.25, 0.3) is 0 Å². The number of rotatable bonds is 10. The van der Waals surface area contributed by atoms with E-state index < -0.39 is 0 Å². The predicted molar refractivity (Wildman–Crippen MR) is 510 cm³/mol. The fourth-order valence-corrected chi connectivity index (χ4v) is 20.1. The fourth-order valence-electron chi connectivity index (χ4n) is 20.1. The van der Waals surface area contributed by atoms with E-state index in [0.29, 0.717) is 11.9 Å². The Labute approximate surface area is 699 Å². The van der Waals surface area contributed by atoms with E-state index in [4.69, 9.17) is 19.9 Å². The average Bonchev–Trinajstić information content (AvgIpc) is 1.57. The zero-order valence-corrected chi connectivity index (χ0v) is 65.8. The second-order valence-electron chi connectivity index (χ2n) is 32.3. The van der Waals surface area contributed by atoms with Gasteiger partial charge in [-0.3, -0.25) is 9.13 Å². The van der Waals surface area contributed by atoms with E-state index in [1.807, 2.05) is 0 Å². The largest absolute Gasteiger partial charge is 0.309 e. The van der Waals surface area contributed by atoms with Crippen LogP contribution < -0.4 is 0 Å². The van der Waals surface area contributed by atoms with Gasteiger partial charge in [-0.05, 0) is 196 Å². The molecule has 0 N–H and O–H groups in total. The summed E-state index contributed by atoms with van der Waals surface area (Å²) in [7, 11) is 0. The van der Waals surface area contributed by atoms with E-state index in [2.05, 4.69) is 431 Å². The van der Waals surface area contributed by atoms with Crippen molar-refractivity contribution < 1.29 is 0 Å². The van der Waals surface area contributed by atoms with Crippen LogP contribution in [0, 0.1) is 0 Å². The van der Waals surface area contributed by atoms with Crippen molar-refractivity contribution >= 4 is 163 Å². The van der Waals surface area contributed by atoms with Crippen molar-refractivity contribution in [2.75, 3.05) is 0 Å². The molecular weight excluding hydrogens is 1480 g/mol. The van der Waals surface area contributed by atoms with Gasteiger partial charge < -0.3 is 9.13 Å². The lowest BCUT2D eigenvalue weighted by Gasteiger charge is -2.15. The summed E-state index contributed by atoms with van der Waals surface area (Å²) in [4.78, 5) is 23.0. The summed E-state index contributed by atoms with van der Waals surface area (Å²) in [5.74, 6) is 1.19. The Morgan fingerprint density at radius 2 is 0.582 bits per heavy atom. The summed E-state index contributed by atoms with van der Waals surface area (Å²) in [6, 6.07) is 151. The van der Waals surface area contributed by atoms with Gasteiger partial charge >= 0.3 is 0 Å². The molecule has 0 saturated carbocycles. The van der Waals surface area contributed by atoms with Crippen LogP contribution in [-0.2, 0) is 0 Å². The quantitative estimate of drug-likeness (QED) is 0.137. The summed E-state index contributed by atoms with van der Waals surface area (Å²) < 4.78 is 9.56. The molecule has 564 valence electrons. The Hall–Kier alpha value is -16.4. The van der Waals surface area contributed by atoms with Crippen LogP contribution in [0.5, 0.6) is 0 Å². The Balaban J connectivity index is 0.670. The first kappa shape index (κ1) is 67.7. The normalized spacial score (nSPS) is 12.1. The molecule has 8 heteroatoms. The molecule has 0 aliphatic rings. The molecule has 0 fully saturated rings. The van der Waals surface area contributed by atoms with E-state index in [0.717, 1.165) is 182 Å². The minimum Gasteiger partial charge on any atom is -0.309 e. The number of hydrogen-bond donors (Lipinski definition) is 0. The molecule has 8 nitrogen and oxygen atoms in total. The third-order valence-electron chi connectivity index (χ3n) is 25.7. The Kier molecular flexibility index (Phi) is 14.7. The highest BCUT2D eigenvalue weighted by Crippen LogP contribution is 2.48. The van der Waals surface area contributed by atoms with Crippen molar-refractivity contribution in [3.63, 3.8) is 0 Å². The summed E-state index contributed by atoms with van der Waals surface area (Å²) in [5.41, 5.74) is 25.0. The molecule has 0 radical (unpaired) electrons. The molecule has 0 saturated heterocycles. The number of hydrogen-bond acceptors (Lipinski definition) is 4. The summed E-state index contributed by atoms with van der Waals surface area (Å²) in [5, 5.41) is 23.1. The van der Waals surface area contributed by atoms with Crippen molar-refractivity contribution in [3.8, 4) is 90.3 Å². The van der Waals surface area contributed by atoms with Crippen LogP contribution in [0.1, 0.15) is 0 Å². The van der Waals surface area contributed by atoms with E-state index in [1.54, 1.807) is 0 Å². The summed E-state index contributed by atoms with van der Waals surface area (Å²) in [6.07, 6.45) is 0. The van der Waals surface area contributed by atoms with Crippen LogP contribution in [0.15, 0.2) is 413 Å². The van der Waals surface area contributed by atoms with Gasteiger partial charge in [-0.15, -0.1) is 0 Å². The van der Waals surface area contributed by atoms with Gasteiger partial charge in [0.15, 0.2) is 0 Å². The number of fused-ring (bicyclic) bond motifs is 23. The SMILES string of the molecule is c1ccc(-c2ccc(-c3nc(-n4c5ccc(-n6c7cc(-c8ccc9nc(-n%10c%11ccc(-n%12c%13ccccc%13c%13c%14ccccc%14ccc%13%12)cc%11c%11c%12ccccc%12ccc%11%10)nc(-c%10cccc(-c%11ccc%12ccccc%12c%11)c%10)c9c8)ccc7c7ccc8ccccc8c76)cc5c5c6ccccc6ccc54)nc4ccccc34)cc2-c2ccccc2)cc1. The Morgan fingerprint density at radius 3 is 1.25 bits per heavy atom. The zero-order valence-electron chi connectivity index (χ0n) is 65.8. The third kappa shape index (κ3) is 10.3. The maximum Gasteiger partial charge on any atom is 0.235 e. The van der Waals surface area contributed by atoms with E-state index in [9.17, 15) is 0 Å². The molecule has 6 aromatic heterocycles. The van der Waals surface area contributed by atoms with E-state index in [-0.39, 0.29) is 0 Å². The molecule has 20 aromatic carbocycles. The zero-order chi connectivity index (χ0) is 79.8. The molecule has 0 spiro atoms. The molecule has 0 unspecified atom stereocenters. The van der Waals surface area contributed by atoms with Gasteiger partial charge in [0, 0.05) is 81.8 Å². The van der Waals surface area contributed by atoms with Crippen molar-refractivity contribution in [2.45, 2.75) is 0 Å². The maximum atomic E-state index is 5.93. The minimum atomic E-state index is 0.589. The predicted octanol–water partition coefficient (Wildman–Crippen LogP) is 29.7. The molecular formula is C114H68N8. The van der Waals surface area contributed by atoms with Crippen LogP contribution >= 0.6 is 0 Å². The molecule has 6 heterocycles. The van der Waals surface area contributed by atoms with Crippen molar-refractivity contribution in [3.05, 3.63) is 413 Å². The van der Waals surface area contributed by atoms with E-state index >= 15 is 0 Å². The molecule has 26 aromatic rings. The van der Waals surface area contributed by atoms with Crippen LogP contribution in [0.2, 0.25) is 0 Å². The van der Waals surface area contributed by atoms with E-state index in [1.165, 1.54) is 59.2 Å². The minimum absolute atomic E-state index is 0.589. The van der Waals surface area contributed by atoms with Gasteiger partial charge in [-0.2, -0.15) is 0 Å². The standard InChI is InChI=1S/C114H68N8/c1-3-23-70(24-4-1)85-53-46-82(65-94(85)71-25-5-2-6-26-71)110-92-38-17-19-40-98(92)115-113(117-110)121-102-61-52-84(68-97(102)109-88-36-15-11-29-74(88)50-59-105(109)121)120-106-66-80(45-54-90(106)91-55-44-75-30-12-16-37-89(75)112(91)120)79-47-56-99-95(64-79)111(81-33-21-32-77(63-81)78-43-42-69-22-7-8-31-76(69)62-78)118-114(116-99)122-101-60-51-83(67-96(101)108-87-35-14-10-28-73(87)49-58-104(108)122)119-100-41-20-18-39-93(100)107-86-34-13-9-27-72(86)48-57-103(107)119/h1-68H. The van der Waals surface area contributed by atoms with Crippen LogP contribution in [0.4, 0.5) is 0 Å². The number of nitrogens with zero attached hydrogens (tertiary/aromatic N) is 8. The lowest BCUT2D eigenvalue weighted by atomic mass is 9.91. The highest BCUT2D eigenvalue weighted by Gasteiger charge is 2.27. The fraction of sp³-hybridized carbons (Fsp3) is 0. The maximum absolute atomic E-state index is 5.93. The second-order valence-corrected chi connectivity index (χ2v) is 32.3. The Bertz CT molecular complexity index is 8970. The smallest absolute Gasteiger partial charge is 0.235 e. The van der Waals surface area contributed by atoms with Crippen molar-refractivity contribution in [1.29, 1.82) is 0 Å². The molecule has 122 heavy (non-hydrogen) atoms. The Morgan fingerprint density at radius 1 is 0.164 bits per heavy atom. The monoisotopic (exact) mass is 1550 g/mol. The summed E-state index contributed by atoms with van der Waals surface area (Å²) in [6.45, 7) is 0. The van der Waals surface area contributed by atoms with Gasteiger partial charge in [-0.25, -0.2) is 19.9 Å². The number of benzene rings is 20. The highest BCUT2D eigenvalue weighted by atomic mass is 15.2. The first-order chi connectivity index (χ1) is 60.5. The van der Waals surface area contributed by atoms with Gasteiger partial charge in [0.2, 0.25) is 11.9 Å². The van der Waals surface area contributed by atoms with Crippen molar-refractivity contribution in [1.82, 2.24) is 38.2 Å². The van der Waals surface area contributed by atoms with Crippen LogP contribution in [-0.4, -0.2) is 38.2 Å². The van der Waals surface area contributed by atoms with Gasteiger partial charge in [0.1, 0.15) is 0 Å². The number of aromatic nitrogens is 8. The average molecular weight is 1550 g/mol.